The van der Waals surface area contributed by atoms with Gasteiger partial charge in [0.1, 0.15) is 5.92 Å². The van der Waals surface area contributed by atoms with Gasteiger partial charge in [-0.1, -0.05) is 20.8 Å². The minimum atomic E-state index is -0.479. The van der Waals surface area contributed by atoms with Crippen LogP contribution in [0.2, 0.25) is 0 Å². The third-order valence-corrected chi connectivity index (χ3v) is 3.47. The zero-order valence-corrected chi connectivity index (χ0v) is 10.7. The molecule has 0 N–H and O–H groups in total. The highest BCUT2D eigenvalue weighted by Crippen LogP contribution is 2.24. The van der Waals surface area contributed by atoms with E-state index in [1.54, 1.807) is 0 Å². The monoisotopic (exact) mass is 222 g/mol. The van der Waals surface area contributed by atoms with E-state index in [4.69, 9.17) is 5.26 Å². The molecule has 1 amide bonds. The lowest BCUT2D eigenvalue weighted by Gasteiger charge is -2.38. The van der Waals surface area contributed by atoms with Crippen molar-refractivity contribution in [3.63, 3.8) is 0 Å². The van der Waals surface area contributed by atoms with E-state index in [0.29, 0.717) is 12.0 Å². The predicted molar refractivity (Wildman–Crippen MR) is 63.5 cm³/mol. The van der Waals surface area contributed by atoms with Crippen molar-refractivity contribution >= 4 is 5.91 Å². The second kappa shape index (κ2) is 5.34. The quantitative estimate of drug-likeness (QED) is 0.720. The van der Waals surface area contributed by atoms with Gasteiger partial charge in [0.15, 0.2) is 0 Å². The van der Waals surface area contributed by atoms with Gasteiger partial charge in [0.25, 0.3) is 0 Å². The number of nitrogens with zero attached hydrogens (tertiary/aromatic N) is 2. The maximum atomic E-state index is 12.2. The van der Waals surface area contributed by atoms with Gasteiger partial charge in [0, 0.05) is 12.6 Å². The summed E-state index contributed by atoms with van der Waals surface area (Å²) >= 11 is 0. The molecule has 90 valence electrons. The Morgan fingerprint density at radius 3 is 2.50 bits per heavy atom. The van der Waals surface area contributed by atoms with E-state index in [1.807, 2.05) is 18.7 Å². The molecule has 3 heteroatoms. The average Bonchev–Trinajstić information content (AvgIpc) is 2.22. The van der Waals surface area contributed by atoms with Gasteiger partial charge in [-0.2, -0.15) is 5.26 Å². The van der Waals surface area contributed by atoms with Crippen molar-refractivity contribution in [3.8, 4) is 6.07 Å². The lowest BCUT2D eigenvalue weighted by atomic mass is 9.90. The number of hydrogen-bond acceptors (Lipinski definition) is 2. The second-order valence-corrected chi connectivity index (χ2v) is 5.37. The average molecular weight is 222 g/mol. The highest BCUT2D eigenvalue weighted by Gasteiger charge is 2.32. The van der Waals surface area contributed by atoms with Crippen molar-refractivity contribution in [2.24, 2.45) is 17.8 Å². The maximum Gasteiger partial charge on any atom is 0.240 e. The van der Waals surface area contributed by atoms with E-state index in [-0.39, 0.29) is 11.8 Å². The number of nitriles is 1. The van der Waals surface area contributed by atoms with Gasteiger partial charge in [-0.15, -0.1) is 0 Å². The standard InChI is InChI=1S/C13H22N2O/c1-9(2)12(7-14)13(16)15-8-10(3)5-6-11(15)4/h9-12H,5-6,8H2,1-4H3. The first kappa shape index (κ1) is 13.0. The molecule has 0 bridgehead atoms. The lowest BCUT2D eigenvalue weighted by Crippen LogP contribution is -2.48. The normalized spacial score (nSPS) is 27.6. The van der Waals surface area contributed by atoms with E-state index in [1.165, 1.54) is 6.42 Å². The smallest absolute Gasteiger partial charge is 0.240 e. The maximum absolute atomic E-state index is 12.2. The highest BCUT2D eigenvalue weighted by atomic mass is 16.2. The minimum Gasteiger partial charge on any atom is -0.339 e. The van der Waals surface area contributed by atoms with Crippen LogP contribution in [0.5, 0.6) is 0 Å². The fourth-order valence-corrected chi connectivity index (χ4v) is 2.26. The van der Waals surface area contributed by atoms with Crippen molar-refractivity contribution in [2.75, 3.05) is 6.54 Å². The summed E-state index contributed by atoms with van der Waals surface area (Å²) in [4.78, 5) is 14.1. The summed E-state index contributed by atoms with van der Waals surface area (Å²) in [7, 11) is 0. The summed E-state index contributed by atoms with van der Waals surface area (Å²) in [6, 6.07) is 2.43. The summed E-state index contributed by atoms with van der Waals surface area (Å²) in [6.07, 6.45) is 2.24. The molecule has 16 heavy (non-hydrogen) atoms. The molecule has 1 aliphatic rings. The van der Waals surface area contributed by atoms with Gasteiger partial charge in [-0.25, -0.2) is 0 Å². The van der Waals surface area contributed by atoms with Crippen molar-refractivity contribution < 1.29 is 4.79 Å². The predicted octanol–water partition coefficient (Wildman–Crippen LogP) is 2.43. The van der Waals surface area contributed by atoms with Gasteiger partial charge in [0.05, 0.1) is 6.07 Å². The first-order valence-electron chi connectivity index (χ1n) is 6.17. The van der Waals surface area contributed by atoms with Crippen LogP contribution < -0.4 is 0 Å². The second-order valence-electron chi connectivity index (χ2n) is 5.37. The minimum absolute atomic E-state index is 0.0246. The molecule has 3 atom stereocenters. The molecule has 1 fully saturated rings. The molecule has 0 aromatic carbocycles. The Balaban J connectivity index is 2.75. The van der Waals surface area contributed by atoms with Crippen LogP contribution in [-0.4, -0.2) is 23.4 Å². The summed E-state index contributed by atoms with van der Waals surface area (Å²) in [6.45, 7) is 8.93. The van der Waals surface area contributed by atoms with Crippen molar-refractivity contribution in [3.05, 3.63) is 0 Å². The van der Waals surface area contributed by atoms with Crippen LogP contribution in [0.4, 0.5) is 0 Å². The molecule has 0 aliphatic carbocycles. The first-order valence-corrected chi connectivity index (χ1v) is 6.17. The van der Waals surface area contributed by atoms with E-state index in [2.05, 4.69) is 19.9 Å². The largest absolute Gasteiger partial charge is 0.339 e. The molecule has 0 spiro atoms. The van der Waals surface area contributed by atoms with E-state index in [0.717, 1.165) is 13.0 Å². The van der Waals surface area contributed by atoms with Crippen molar-refractivity contribution in [1.82, 2.24) is 4.90 Å². The number of hydrogen-bond donors (Lipinski definition) is 0. The summed E-state index contributed by atoms with van der Waals surface area (Å²) < 4.78 is 0. The molecule has 1 rings (SSSR count). The molecule has 3 nitrogen and oxygen atoms in total. The highest BCUT2D eigenvalue weighted by molar-refractivity contribution is 5.81. The Kier molecular flexibility index (Phi) is 4.35. The van der Waals surface area contributed by atoms with Gasteiger partial charge >= 0.3 is 0 Å². The molecule has 0 aromatic rings. The SMILES string of the molecule is CC1CCC(C)N(C(=O)C(C#N)C(C)C)C1. The molecule has 3 unspecified atom stereocenters. The van der Waals surface area contributed by atoms with Crippen LogP contribution in [0.1, 0.15) is 40.5 Å². The number of rotatable bonds is 2. The fourth-order valence-electron chi connectivity index (χ4n) is 2.26. The Morgan fingerprint density at radius 1 is 1.38 bits per heavy atom. The number of piperidine rings is 1. The van der Waals surface area contributed by atoms with Crippen molar-refractivity contribution in [1.29, 1.82) is 5.26 Å². The van der Waals surface area contributed by atoms with Crippen LogP contribution >= 0.6 is 0 Å². The topological polar surface area (TPSA) is 44.1 Å². The molecule has 0 saturated carbocycles. The molecule has 0 radical (unpaired) electrons. The summed E-state index contributed by atoms with van der Waals surface area (Å²) in [5.41, 5.74) is 0. The van der Waals surface area contributed by atoms with Crippen LogP contribution in [0, 0.1) is 29.1 Å². The Hall–Kier alpha value is -1.04. The number of carbonyl (C=O) groups excluding carboxylic acids is 1. The number of amides is 1. The van der Waals surface area contributed by atoms with Crippen LogP contribution in [-0.2, 0) is 4.79 Å². The van der Waals surface area contributed by atoms with Crippen LogP contribution in [0.15, 0.2) is 0 Å². The Labute approximate surface area is 98.4 Å². The lowest BCUT2D eigenvalue weighted by molar-refractivity contribution is -0.139. The Morgan fingerprint density at radius 2 is 2.00 bits per heavy atom. The molecule has 1 aliphatic heterocycles. The van der Waals surface area contributed by atoms with Gasteiger partial charge in [-0.05, 0) is 31.6 Å². The van der Waals surface area contributed by atoms with Gasteiger partial charge in [-0.3, -0.25) is 4.79 Å². The molecule has 1 saturated heterocycles. The van der Waals surface area contributed by atoms with Crippen molar-refractivity contribution in [2.45, 2.75) is 46.6 Å². The van der Waals surface area contributed by atoms with Gasteiger partial charge in [0.2, 0.25) is 5.91 Å². The molecular weight excluding hydrogens is 200 g/mol. The summed E-state index contributed by atoms with van der Waals surface area (Å²) in [5, 5.41) is 9.05. The molecular formula is C13H22N2O. The number of carbonyl (C=O) groups is 1. The molecule has 0 aromatic heterocycles. The van der Waals surface area contributed by atoms with E-state index in [9.17, 15) is 4.79 Å². The number of likely N-dealkylation sites (tertiary alicyclic amines) is 1. The fraction of sp³-hybridized carbons (Fsp3) is 0.846. The Bertz CT molecular complexity index is 293. The molecule has 1 heterocycles. The third-order valence-electron chi connectivity index (χ3n) is 3.47. The summed E-state index contributed by atoms with van der Waals surface area (Å²) in [5.74, 6) is 0.206. The zero-order valence-electron chi connectivity index (χ0n) is 10.7. The zero-order chi connectivity index (χ0) is 12.3. The van der Waals surface area contributed by atoms with Gasteiger partial charge < -0.3 is 4.90 Å². The van der Waals surface area contributed by atoms with E-state index >= 15 is 0 Å². The van der Waals surface area contributed by atoms with Crippen LogP contribution in [0.3, 0.4) is 0 Å². The first-order chi connectivity index (χ1) is 7.47. The third kappa shape index (κ3) is 2.75. The van der Waals surface area contributed by atoms with Crippen LogP contribution in [0.25, 0.3) is 0 Å². The van der Waals surface area contributed by atoms with E-state index < -0.39 is 5.92 Å².